The van der Waals surface area contributed by atoms with E-state index in [1.54, 1.807) is 0 Å². The number of nitrogens with zero attached hydrogens (tertiary/aromatic N) is 2. The summed E-state index contributed by atoms with van der Waals surface area (Å²) in [5.41, 5.74) is 2.65. The monoisotopic (exact) mass is 413 g/mol. The molecule has 2 atom stereocenters. The van der Waals surface area contributed by atoms with E-state index >= 15 is 0 Å². The lowest BCUT2D eigenvalue weighted by Crippen LogP contribution is -2.41. The van der Waals surface area contributed by atoms with Crippen molar-refractivity contribution < 1.29 is 4.79 Å². The first kappa shape index (κ1) is 22.6. The van der Waals surface area contributed by atoms with Gasteiger partial charge in [0.25, 0.3) is 0 Å². The van der Waals surface area contributed by atoms with E-state index in [0.29, 0.717) is 19.6 Å². The number of piperidine rings is 1. The van der Waals surface area contributed by atoms with Crippen LogP contribution in [0.4, 0.5) is 0 Å². The number of benzene rings is 1. The lowest BCUT2D eigenvalue weighted by molar-refractivity contribution is -0.122. The number of amides is 1. The van der Waals surface area contributed by atoms with Crippen molar-refractivity contribution in [3.63, 3.8) is 0 Å². The van der Waals surface area contributed by atoms with Gasteiger partial charge in [0.15, 0.2) is 5.96 Å². The number of hydrogen-bond donors (Lipinski definition) is 3. The van der Waals surface area contributed by atoms with Gasteiger partial charge in [0.05, 0.1) is 6.54 Å². The SMILES string of the molecule is CCNC(=NCc1ccccc1CN1CC(C)CC(C)C1)NCCNC(=O)C1CC1. The third kappa shape index (κ3) is 7.31. The fourth-order valence-corrected chi connectivity index (χ4v) is 4.39. The molecule has 3 N–H and O–H groups in total. The molecule has 0 spiro atoms. The zero-order valence-electron chi connectivity index (χ0n) is 18.9. The smallest absolute Gasteiger partial charge is 0.223 e. The molecule has 6 heteroatoms. The molecular weight excluding hydrogens is 374 g/mol. The predicted octanol–water partition coefficient (Wildman–Crippen LogP) is 2.75. The molecule has 1 saturated heterocycles. The number of guanidine groups is 1. The molecule has 0 radical (unpaired) electrons. The van der Waals surface area contributed by atoms with E-state index in [1.165, 1.54) is 30.6 Å². The number of aliphatic imine (C=N–C) groups is 1. The van der Waals surface area contributed by atoms with Crippen molar-refractivity contribution >= 4 is 11.9 Å². The van der Waals surface area contributed by atoms with Crippen LogP contribution in [-0.4, -0.2) is 49.5 Å². The van der Waals surface area contributed by atoms with Crippen LogP contribution in [-0.2, 0) is 17.9 Å². The average Bonchev–Trinajstić information content (AvgIpc) is 3.55. The third-order valence-corrected chi connectivity index (χ3v) is 5.87. The second-order valence-electron chi connectivity index (χ2n) is 9.10. The Morgan fingerprint density at radius 2 is 1.70 bits per heavy atom. The Morgan fingerprint density at radius 1 is 1.03 bits per heavy atom. The highest BCUT2D eigenvalue weighted by Crippen LogP contribution is 2.28. The summed E-state index contributed by atoms with van der Waals surface area (Å²) in [6.07, 6.45) is 3.41. The molecule has 166 valence electrons. The average molecular weight is 414 g/mol. The number of carbonyl (C=O) groups is 1. The van der Waals surface area contributed by atoms with E-state index in [9.17, 15) is 4.79 Å². The summed E-state index contributed by atoms with van der Waals surface area (Å²) in [6, 6.07) is 8.66. The van der Waals surface area contributed by atoms with Crippen molar-refractivity contribution in [2.45, 2.75) is 53.1 Å². The summed E-state index contributed by atoms with van der Waals surface area (Å²) in [7, 11) is 0. The Kier molecular flexibility index (Phi) is 8.55. The molecule has 3 rings (SSSR count). The predicted molar refractivity (Wildman–Crippen MR) is 123 cm³/mol. The Bertz CT molecular complexity index is 705. The van der Waals surface area contributed by atoms with Crippen molar-refractivity contribution in [3.05, 3.63) is 35.4 Å². The largest absolute Gasteiger partial charge is 0.357 e. The number of hydrogen-bond acceptors (Lipinski definition) is 3. The summed E-state index contributed by atoms with van der Waals surface area (Å²) in [5.74, 6) is 2.78. The van der Waals surface area contributed by atoms with Gasteiger partial charge in [-0.3, -0.25) is 9.69 Å². The molecule has 0 aromatic heterocycles. The maximum Gasteiger partial charge on any atom is 0.223 e. The van der Waals surface area contributed by atoms with Crippen LogP contribution in [0.3, 0.4) is 0 Å². The molecule has 1 saturated carbocycles. The van der Waals surface area contributed by atoms with Gasteiger partial charge in [-0.15, -0.1) is 0 Å². The standard InChI is InChI=1S/C24H39N5O/c1-4-25-24(27-12-11-26-23(30)20-9-10-20)28-14-21-7-5-6-8-22(21)17-29-15-18(2)13-19(3)16-29/h5-8,18-20H,4,9-17H2,1-3H3,(H,26,30)(H2,25,27,28). The van der Waals surface area contributed by atoms with Gasteiger partial charge in [0.1, 0.15) is 0 Å². The van der Waals surface area contributed by atoms with E-state index < -0.39 is 0 Å². The molecule has 1 heterocycles. The highest BCUT2D eigenvalue weighted by Gasteiger charge is 2.29. The second kappa shape index (κ2) is 11.3. The van der Waals surface area contributed by atoms with E-state index in [-0.39, 0.29) is 11.8 Å². The number of likely N-dealkylation sites (tertiary alicyclic amines) is 1. The summed E-state index contributed by atoms with van der Waals surface area (Å²) in [4.78, 5) is 19.1. The maximum absolute atomic E-state index is 11.7. The van der Waals surface area contributed by atoms with Crippen LogP contribution in [0.5, 0.6) is 0 Å². The second-order valence-corrected chi connectivity index (χ2v) is 9.10. The summed E-state index contributed by atoms with van der Waals surface area (Å²) < 4.78 is 0. The van der Waals surface area contributed by atoms with Crippen LogP contribution in [0.1, 0.15) is 51.2 Å². The molecule has 1 amide bonds. The van der Waals surface area contributed by atoms with E-state index in [1.807, 2.05) is 0 Å². The van der Waals surface area contributed by atoms with E-state index in [4.69, 9.17) is 4.99 Å². The molecule has 2 aliphatic rings. The fraction of sp³-hybridized carbons (Fsp3) is 0.667. The normalized spacial score (nSPS) is 22.6. The minimum Gasteiger partial charge on any atom is -0.357 e. The minimum absolute atomic E-state index is 0.189. The Hall–Kier alpha value is -2.08. The Labute approximate surface area is 181 Å². The highest BCUT2D eigenvalue weighted by molar-refractivity contribution is 5.81. The Morgan fingerprint density at radius 3 is 2.37 bits per heavy atom. The lowest BCUT2D eigenvalue weighted by Gasteiger charge is -2.35. The van der Waals surface area contributed by atoms with Gasteiger partial charge in [-0.05, 0) is 49.1 Å². The number of nitrogens with one attached hydrogen (secondary N) is 3. The van der Waals surface area contributed by atoms with Gasteiger partial charge < -0.3 is 16.0 Å². The first-order chi connectivity index (χ1) is 14.5. The van der Waals surface area contributed by atoms with Crippen LogP contribution in [0.25, 0.3) is 0 Å². The molecular formula is C24H39N5O. The quantitative estimate of drug-likeness (QED) is 0.331. The maximum atomic E-state index is 11.7. The summed E-state index contributed by atoms with van der Waals surface area (Å²) in [6.45, 7) is 12.9. The molecule has 6 nitrogen and oxygen atoms in total. The van der Waals surface area contributed by atoms with Crippen LogP contribution in [0, 0.1) is 17.8 Å². The summed E-state index contributed by atoms with van der Waals surface area (Å²) >= 11 is 0. The van der Waals surface area contributed by atoms with Crippen molar-refractivity contribution in [1.29, 1.82) is 0 Å². The van der Waals surface area contributed by atoms with Crippen LogP contribution in [0.2, 0.25) is 0 Å². The van der Waals surface area contributed by atoms with Gasteiger partial charge >= 0.3 is 0 Å². The van der Waals surface area contributed by atoms with E-state index in [0.717, 1.165) is 43.7 Å². The van der Waals surface area contributed by atoms with Gasteiger partial charge in [0, 0.05) is 45.2 Å². The van der Waals surface area contributed by atoms with Crippen molar-refractivity contribution in [2.24, 2.45) is 22.7 Å². The molecule has 1 aromatic rings. The first-order valence-electron chi connectivity index (χ1n) is 11.6. The molecule has 2 unspecified atom stereocenters. The van der Waals surface area contributed by atoms with Crippen LogP contribution in [0.15, 0.2) is 29.3 Å². The highest BCUT2D eigenvalue weighted by atomic mass is 16.2. The molecule has 1 aliphatic carbocycles. The first-order valence-corrected chi connectivity index (χ1v) is 11.6. The fourth-order valence-electron chi connectivity index (χ4n) is 4.39. The van der Waals surface area contributed by atoms with Gasteiger partial charge in [-0.25, -0.2) is 4.99 Å². The summed E-state index contributed by atoms with van der Waals surface area (Å²) in [5, 5.41) is 9.62. The third-order valence-electron chi connectivity index (χ3n) is 5.87. The van der Waals surface area contributed by atoms with Crippen LogP contribution < -0.4 is 16.0 Å². The zero-order valence-corrected chi connectivity index (χ0v) is 18.9. The van der Waals surface area contributed by atoms with Gasteiger partial charge in [-0.1, -0.05) is 38.1 Å². The minimum atomic E-state index is 0.189. The van der Waals surface area contributed by atoms with Gasteiger partial charge in [0.2, 0.25) is 5.91 Å². The molecule has 1 aromatic carbocycles. The molecule has 2 fully saturated rings. The van der Waals surface area contributed by atoms with Crippen molar-refractivity contribution in [3.8, 4) is 0 Å². The topological polar surface area (TPSA) is 68.8 Å². The molecule has 1 aliphatic heterocycles. The van der Waals surface area contributed by atoms with Crippen molar-refractivity contribution in [1.82, 2.24) is 20.9 Å². The van der Waals surface area contributed by atoms with Crippen LogP contribution >= 0.6 is 0 Å². The molecule has 0 bridgehead atoms. The molecule has 30 heavy (non-hydrogen) atoms. The Balaban J connectivity index is 1.53. The van der Waals surface area contributed by atoms with Crippen molar-refractivity contribution in [2.75, 3.05) is 32.7 Å². The number of carbonyl (C=O) groups excluding carboxylic acids is 1. The van der Waals surface area contributed by atoms with Gasteiger partial charge in [-0.2, -0.15) is 0 Å². The lowest BCUT2D eigenvalue weighted by atomic mass is 9.91. The number of rotatable bonds is 9. The van der Waals surface area contributed by atoms with E-state index in [2.05, 4.69) is 65.9 Å². The zero-order chi connectivity index (χ0) is 21.3.